The molecule has 0 bridgehead atoms. The van der Waals surface area contributed by atoms with E-state index in [0.717, 1.165) is 16.8 Å². The molecule has 0 spiro atoms. The number of halogens is 9. The summed E-state index contributed by atoms with van der Waals surface area (Å²) in [5.41, 5.74) is -2.04. The van der Waals surface area contributed by atoms with Crippen molar-refractivity contribution >= 4 is 54.1 Å². The molecule has 0 aliphatic heterocycles. The fraction of sp³-hybridized carbons (Fsp3) is 0.455. The Morgan fingerprint density at radius 3 is 2.18 bits per heavy atom. The molecule has 12 nitrogen and oxygen atoms in total. The molecule has 2 fully saturated rings. The van der Waals surface area contributed by atoms with Crippen LogP contribution in [0.15, 0.2) is 54.6 Å². The molecule has 0 unspecified atom stereocenters. The average molecular weight is 1000 g/mol. The number of nitrogens with one attached hydrogen (secondary N) is 2. The fourth-order valence-corrected chi connectivity index (χ4v) is 12.7. The smallest absolute Gasteiger partial charge is 0.296 e. The molecule has 4 aliphatic rings. The molecule has 23 heteroatoms. The second-order valence-corrected chi connectivity index (χ2v) is 23.3. The zero-order chi connectivity index (χ0) is 48.1. The lowest BCUT2D eigenvalue weighted by Gasteiger charge is -2.27. The third-order valence-corrected chi connectivity index (χ3v) is 18.1. The minimum absolute atomic E-state index is 0.0230. The number of nitrogens with zero attached hydrogens (tertiary/aromatic N) is 5. The second-order valence-electron chi connectivity index (χ2n) is 18.1. The Morgan fingerprint density at radius 1 is 0.896 bits per heavy atom. The van der Waals surface area contributed by atoms with Crippen molar-refractivity contribution in [2.75, 3.05) is 4.72 Å². The summed E-state index contributed by atoms with van der Waals surface area (Å²) in [6, 6.07) is 6.81. The Morgan fingerprint density at radius 2 is 1.57 bits per heavy atom. The number of allylic oxidation sites excluding steroid dienone is 2. The summed E-state index contributed by atoms with van der Waals surface area (Å²) < 4.78 is 174. The molecule has 2 N–H and O–H groups in total. The van der Waals surface area contributed by atoms with Crippen LogP contribution in [0.2, 0.25) is 5.02 Å². The second kappa shape index (κ2) is 16.8. The number of fused-ring (bicyclic) bond motifs is 4. The van der Waals surface area contributed by atoms with Gasteiger partial charge >= 0.3 is 0 Å². The average Bonchev–Trinajstić information content (AvgIpc) is 4.15. The van der Waals surface area contributed by atoms with E-state index in [-0.39, 0.29) is 68.2 Å². The van der Waals surface area contributed by atoms with Gasteiger partial charge in [0.05, 0.1) is 48.8 Å². The molecule has 3 heterocycles. The summed E-state index contributed by atoms with van der Waals surface area (Å²) in [7, 11) is -7.62. The monoisotopic (exact) mass is 999 g/mol. The summed E-state index contributed by atoms with van der Waals surface area (Å²) in [5.74, 6) is -9.60. The molecule has 4 aliphatic carbocycles. The van der Waals surface area contributed by atoms with Gasteiger partial charge in [0.1, 0.15) is 36.1 Å². The normalized spacial score (nSPS) is 19.5. The number of carbonyl (C=O) groups is 1. The molecule has 5 aromatic rings. The van der Waals surface area contributed by atoms with Crippen LogP contribution in [0.3, 0.4) is 0 Å². The zero-order valence-corrected chi connectivity index (χ0v) is 38.0. The molecule has 2 aromatic carbocycles. The van der Waals surface area contributed by atoms with Crippen molar-refractivity contribution in [3.8, 4) is 11.1 Å². The van der Waals surface area contributed by atoms with Crippen molar-refractivity contribution in [2.24, 2.45) is 5.92 Å². The van der Waals surface area contributed by atoms with Crippen molar-refractivity contribution in [3.05, 3.63) is 105 Å². The van der Waals surface area contributed by atoms with Gasteiger partial charge in [-0.25, -0.2) is 43.2 Å². The van der Waals surface area contributed by atoms with E-state index in [1.807, 2.05) is 0 Å². The Hall–Kier alpha value is -5.09. The molecule has 358 valence electrons. The largest absolute Gasteiger partial charge is 0.346 e. The van der Waals surface area contributed by atoms with Gasteiger partial charge in [0.25, 0.3) is 18.8 Å². The van der Waals surface area contributed by atoms with E-state index < -0.39 is 120 Å². The van der Waals surface area contributed by atoms with Gasteiger partial charge in [0.2, 0.25) is 15.9 Å². The number of aromatic nitrogens is 5. The highest BCUT2D eigenvalue weighted by Gasteiger charge is 2.60. The molecule has 2 saturated carbocycles. The summed E-state index contributed by atoms with van der Waals surface area (Å²) in [6.07, 6.45) is -2.39. The quantitative estimate of drug-likeness (QED) is 0.0650. The zero-order valence-electron chi connectivity index (χ0n) is 35.6. The molecular formula is C44H42ClF8N7O5S2. The van der Waals surface area contributed by atoms with Gasteiger partial charge in [-0.15, -0.1) is 0 Å². The van der Waals surface area contributed by atoms with E-state index in [1.165, 1.54) is 36.4 Å². The molecule has 3 aromatic heterocycles. The highest BCUT2D eigenvalue weighted by molar-refractivity contribution is 7.93. The first-order valence-electron chi connectivity index (χ1n) is 21.4. The lowest BCUT2D eigenvalue weighted by Crippen LogP contribution is -2.36. The molecule has 0 radical (unpaired) electrons. The van der Waals surface area contributed by atoms with Crippen LogP contribution >= 0.6 is 11.6 Å². The predicted octanol–water partition coefficient (Wildman–Crippen LogP) is 9.10. The number of carbonyl (C=O) groups excluding carboxylic acids is 1. The minimum Gasteiger partial charge on any atom is -0.346 e. The van der Waals surface area contributed by atoms with Gasteiger partial charge in [-0.1, -0.05) is 35.9 Å². The first-order valence-corrected chi connectivity index (χ1v) is 24.9. The van der Waals surface area contributed by atoms with Crippen molar-refractivity contribution in [1.29, 1.82) is 0 Å². The number of pyridine rings is 1. The van der Waals surface area contributed by atoms with E-state index in [4.69, 9.17) is 16.6 Å². The fourth-order valence-electron chi connectivity index (χ4n) is 9.10. The summed E-state index contributed by atoms with van der Waals surface area (Å²) >= 11 is 6.68. The maximum Gasteiger partial charge on any atom is 0.296 e. The highest BCUT2D eigenvalue weighted by Crippen LogP contribution is 2.60. The standard InChI is InChI=1S/C44H42ClF8N7O5S2/c1-43(2,66(62,63)25-4-5-25)14-13-24-3-8-27(28-10-12-31(45)36-39(28)59(19-33(48)49)57-42(36)58-67(64,65)26-6-7-26)37(54-24)32(17-21-15-22(46)18-23(47)16-21)55-34(61)20-60-40-35(38(56-60)41(50)51)29-9-11-30(29)44(40,52)53/h3,8-12,15-16,18,25-26,29-30,32-33,41H,4-7,13-14,17,19-20H2,1-2H3,(H,55,61)(H,57,58)/t29-,30+,32-/m0/s1. The minimum atomic E-state index is -4.03. The van der Waals surface area contributed by atoms with Gasteiger partial charge in [-0.2, -0.15) is 19.0 Å². The SMILES string of the molecule is CC(C)(CCc1ccc(-c2ccc(Cl)c3c(NS(=O)(=O)C4CC4)nn(CC(F)F)c23)c([C@H](Cc2cc(F)cc(F)c2)NC(=O)Cn2nc(C(F)F)c3c2C(F)(F)[C@@H]2C=C[C@H]32)n1)S(=O)(=O)C1CC1. The number of alkyl halides is 6. The Bertz CT molecular complexity index is 3060. The van der Waals surface area contributed by atoms with Gasteiger partial charge in [-0.3, -0.25) is 23.9 Å². The third kappa shape index (κ3) is 8.70. The van der Waals surface area contributed by atoms with Crippen molar-refractivity contribution < 1.29 is 56.8 Å². The number of hydrogen-bond acceptors (Lipinski definition) is 8. The molecule has 3 atom stereocenters. The molecule has 1 amide bonds. The molecule has 0 saturated heterocycles. The van der Waals surface area contributed by atoms with Crippen LogP contribution < -0.4 is 10.0 Å². The molecular weight excluding hydrogens is 958 g/mol. The van der Waals surface area contributed by atoms with Crippen LogP contribution in [0, 0.1) is 17.6 Å². The number of sulfone groups is 1. The maximum atomic E-state index is 15.8. The van der Waals surface area contributed by atoms with Gasteiger partial charge in [0.15, 0.2) is 15.7 Å². The first-order chi connectivity index (χ1) is 31.5. The lowest BCUT2D eigenvalue weighted by atomic mass is 9.81. The van der Waals surface area contributed by atoms with Crippen LogP contribution in [0.25, 0.3) is 22.0 Å². The number of amides is 1. The van der Waals surface area contributed by atoms with Crippen molar-refractivity contribution in [3.63, 3.8) is 0 Å². The number of rotatable bonds is 18. The van der Waals surface area contributed by atoms with Crippen molar-refractivity contribution in [2.45, 2.75) is 118 Å². The van der Waals surface area contributed by atoms with Crippen LogP contribution in [0.1, 0.15) is 98.2 Å². The summed E-state index contributed by atoms with van der Waals surface area (Å²) in [4.78, 5) is 19.1. The van der Waals surface area contributed by atoms with E-state index >= 15 is 8.78 Å². The van der Waals surface area contributed by atoms with Crippen LogP contribution in [-0.4, -0.2) is 69.0 Å². The maximum absolute atomic E-state index is 15.8. The molecule has 9 rings (SSSR count). The predicted molar refractivity (Wildman–Crippen MR) is 231 cm³/mol. The highest BCUT2D eigenvalue weighted by atomic mass is 35.5. The van der Waals surface area contributed by atoms with Gasteiger partial charge < -0.3 is 5.32 Å². The van der Waals surface area contributed by atoms with Gasteiger partial charge in [-0.05, 0) is 88.6 Å². The van der Waals surface area contributed by atoms with E-state index in [1.54, 1.807) is 13.8 Å². The number of aryl methyl sites for hydroxylation is 1. The first kappa shape index (κ1) is 47.0. The lowest BCUT2D eigenvalue weighted by molar-refractivity contribution is -0.123. The van der Waals surface area contributed by atoms with E-state index in [0.29, 0.717) is 36.4 Å². The third-order valence-electron chi connectivity index (χ3n) is 12.9. The molecule has 67 heavy (non-hydrogen) atoms. The summed E-state index contributed by atoms with van der Waals surface area (Å²) in [5, 5.41) is 9.22. The van der Waals surface area contributed by atoms with Crippen LogP contribution in [0.5, 0.6) is 0 Å². The Kier molecular flexibility index (Phi) is 11.8. The number of anilines is 1. The Labute approximate surface area is 384 Å². The van der Waals surface area contributed by atoms with Crippen LogP contribution in [-0.2, 0) is 56.5 Å². The Balaban J connectivity index is 1.19. The summed E-state index contributed by atoms with van der Waals surface area (Å²) in [6.45, 7) is 1.08. The number of benzene rings is 2. The van der Waals surface area contributed by atoms with Gasteiger partial charge in [0, 0.05) is 34.4 Å². The van der Waals surface area contributed by atoms with Crippen LogP contribution in [0.4, 0.5) is 40.9 Å². The van der Waals surface area contributed by atoms with Crippen molar-refractivity contribution in [1.82, 2.24) is 29.9 Å². The van der Waals surface area contributed by atoms with E-state index in [9.17, 15) is 48.0 Å². The topological polar surface area (TPSA) is 158 Å². The van der Waals surface area contributed by atoms with E-state index in [2.05, 4.69) is 20.2 Å². The number of hydrogen-bond donors (Lipinski definition) is 2. The number of sulfonamides is 1.